The van der Waals surface area contributed by atoms with E-state index in [1.807, 2.05) is 18.2 Å². The van der Waals surface area contributed by atoms with Gasteiger partial charge in [-0.2, -0.15) is 0 Å². The number of hydrogen-bond acceptors (Lipinski definition) is 6. The average Bonchev–Trinajstić information content (AvgIpc) is 2.84. The van der Waals surface area contributed by atoms with E-state index < -0.39 is 0 Å². The fraction of sp³-hybridized carbons (Fsp3) is 0.667. The van der Waals surface area contributed by atoms with Gasteiger partial charge in [0.1, 0.15) is 12.2 Å². The molecule has 0 bridgehead atoms. The van der Waals surface area contributed by atoms with Crippen LogP contribution in [0.4, 0.5) is 0 Å². The van der Waals surface area contributed by atoms with Crippen molar-refractivity contribution in [3.8, 4) is 0 Å². The molecule has 0 aromatic heterocycles. The zero-order chi connectivity index (χ0) is 30.5. The number of nitrogens with one attached hydrogen (secondary N) is 2. The van der Waals surface area contributed by atoms with Crippen LogP contribution in [0, 0.1) is 5.92 Å². The van der Waals surface area contributed by atoms with Crippen LogP contribution < -0.4 is 10.6 Å². The van der Waals surface area contributed by atoms with Gasteiger partial charge in [-0.3, -0.25) is 4.79 Å². The van der Waals surface area contributed by atoms with Crippen molar-refractivity contribution in [3.63, 3.8) is 0 Å². The number of fused-ring (bicyclic) bond motifs is 1. The van der Waals surface area contributed by atoms with Gasteiger partial charge < -0.3 is 20.1 Å². The first-order chi connectivity index (χ1) is 19.5. The molecule has 2 aliphatic heterocycles. The van der Waals surface area contributed by atoms with Crippen LogP contribution >= 0.6 is 0 Å². The van der Waals surface area contributed by atoms with Crippen molar-refractivity contribution in [1.82, 2.24) is 10.6 Å². The number of ether oxygens (including phenoxy) is 2. The predicted molar refractivity (Wildman–Crippen MR) is 169 cm³/mol. The molecule has 2 aromatic rings. The maximum Gasteiger partial charge on any atom is 0.339 e. The summed E-state index contributed by atoms with van der Waals surface area (Å²) in [7, 11) is 0. The maximum absolute atomic E-state index is 13.5. The second-order valence-electron chi connectivity index (χ2n) is 16.0. The minimum absolute atomic E-state index is 0.0285. The number of rotatable bonds is 5. The molecule has 3 fully saturated rings. The van der Waals surface area contributed by atoms with Gasteiger partial charge in [0.05, 0.1) is 11.5 Å². The molecular formula is C36H52N2O4. The molecule has 2 saturated heterocycles. The van der Waals surface area contributed by atoms with E-state index in [-0.39, 0.29) is 52.2 Å². The average molecular weight is 577 g/mol. The van der Waals surface area contributed by atoms with Crippen molar-refractivity contribution in [2.45, 2.75) is 147 Å². The first-order valence-electron chi connectivity index (χ1n) is 16.0. The van der Waals surface area contributed by atoms with Crippen LogP contribution in [0.2, 0.25) is 0 Å². The lowest BCUT2D eigenvalue weighted by atomic mass is 9.77. The van der Waals surface area contributed by atoms with E-state index in [2.05, 4.69) is 84.2 Å². The number of carbonyl (C=O) groups excluding carboxylic acids is 2. The van der Waals surface area contributed by atoms with E-state index in [1.54, 1.807) is 0 Å². The molecule has 2 N–H and O–H groups in total. The molecule has 3 aliphatic rings. The zero-order valence-corrected chi connectivity index (χ0v) is 27.1. The number of esters is 2. The minimum Gasteiger partial charge on any atom is -0.462 e. The SMILES string of the molecule is CC1(C)CC(OC(=O)c2cccc3c(C4CCC(C(=O)OC5CC(C)(C)NC(C)(C)C5)CC4)cccc23)CC(C)(C)N1. The fourth-order valence-corrected chi connectivity index (χ4v) is 8.61. The summed E-state index contributed by atoms with van der Waals surface area (Å²) in [4.78, 5) is 26.7. The smallest absolute Gasteiger partial charge is 0.339 e. The van der Waals surface area contributed by atoms with Crippen molar-refractivity contribution in [2.24, 2.45) is 5.92 Å². The Balaban J connectivity index is 1.25. The lowest BCUT2D eigenvalue weighted by Gasteiger charge is -2.46. The Bertz CT molecular complexity index is 1290. The van der Waals surface area contributed by atoms with E-state index in [0.29, 0.717) is 11.5 Å². The minimum atomic E-state index is -0.244. The Hall–Kier alpha value is -2.44. The van der Waals surface area contributed by atoms with E-state index in [1.165, 1.54) is 5.56 Å². The third kappa shape index (κ3) is 7.19. The monoisotopic (exact) mass is 576 g/mol. The van der Waals surface area contributed by atoms with Crippen molar-refractivity contribution in [2.75, 3.05) is 0 Å². The molecule has 0 atom stereocenters. The highest BCUT2D eigenvalue weighted by atomic mass is 16.5. The largest absolute Gasteiger partial charge is 0.462 e. The van der Waals surface area contributed by atoms with Crippen LogP contribution in [-0.2, 0) is 14.3 Å². The van der Waals surface area contributed by atoms with Gasteiger partial charge in [0.25, 0.3) is 0 Å². The van der Waals surface area contributed by atoms with Gasteiger partial charge in [0.15, 0.2) is 0 Å². The molecule has 6 nitrogen and oxygen atoms in total. The van der Waals surface area contributed by atoms with Crippen LogP contribution in [0.25, 0.3) is 10.8 Å². The van der Waals surface area contributed by atoms with Gasteiger partial charge in [-0.25, -0.2) is 4.79 Å². The summed E-state index contributed by atoms with van der Waals surface area (Å²) in [5.41, 5.74) is 1.61. The molecule has 1 aliphatic carbocycles. The molecule has 230 valence electrons. The van der Waals surface area contributed by atoms with E-state index in [9.17, 15) is 9.59 Å². The standard InChI is InChI=1S/C36H52N2O4/c1-33(2)19-25(20-34(3,4)37-33)41-31(39)24-17-15-23(16-18-24)27-11-9-13-29-28(27)12-10-14-30(29)32(40)42-26-21-35(5,6)38-36(7,8)22-26/h9-14,23-26,37-38H,15-22H2,1-8H3. The quantitative estimate of drug-likeness (QED) is 0.361. The van der Waals surface area contributed by atoms with Gasteiger partial charge in [-0.05, 0) is 109 Å². The molecule has 0 radical (unpaired) electrons. The second kappa shape index (κ2) is 11.2. The number of piperidine rings is 2. The summed E-state index contributed by atoms with van der Waals surface area (Å²) in [6, 6.07) is 12.3. The number of carbonyl (C=O) groups is 2. The summed E-state index contributed by atoms with van der Waals surface area (Å²) in [6.45, 7) is 17.4. The van der Waals surface area contributed by atoms with Crippen LogP contribution in [0.1, 0.15) is 129 Å². The summed E-state index contributed by atoms with van der Waals surface area (Å²) >= 11 is 0. The lowest BCUT2D eigenvalue weighted by molar-refractivity contribution is -0.159. The van der Waals surface area contributed by atoms with Crippen molar-refractivity contribution >= 4 is 22.7 Å². The Morgan fingerprint density at radius 1 is 0.643 bits per heavy atom. The van der Waals surface area contributed by atoms with Gasteiger partial charge in [0, 0.05) is 47.8 Å². The van der Waals surface area contributed by atoms with Crippen molar-refractivity contribution in [3.05, 3.63) is 47.5 Å². The molecule has 0 amide bonds. The van der Waals surface area contributed by atoms with Crippen LogP contribution in [0.3, 0.4) is 0 Å². The molecule has 2 heterocycles. The van der Waals surface area contributed by atoms with Crippen molar-refractivity contribution < 1.29 is 19.1 Å². The molecule has 5 rings (SSSR count). The highest BCUT2D eigenvalue weighted by molar-refractivity contribution is 6.05. The molecule has 0 spiro atoms. The molecule has 42 heavy (non-hydrogen) atoms. The third-order valence-electron chi connectivity index (χ3n) is 9.54. The van der Waals surface area contributed by atoms with E-state index >= 15 is 0 Å². The van der Waals surface area contributed by atoms with E-state index in [0.717, 1.165) is 62.1 Å². The first-order valence-corrected chi connectivity index (χ1v) is 16.0. The van der Waals surface area contributed by atoms with Gasteiger partial charge in [-0.15, -0.1) is 0 Å². The molecule has 2 aromatic carbocycles. The van der Waals surface area contributed by atoms with Crippen LogP contribution in [-0.4, -0.2) is 46.3 Å². The normalized spacial score (nSPS) is 27.3. The maximum atomic E-state index is 13.5. The van der Waals surface area contributed by atoms with E-state index in [4.69, 9.17) is 9.47 Å². The van der Waals surface area contributed by atoms with Crippen LogP contribution in [0.15, 0.2) is 36.4 Å². The molecular weight excluding hydrogens is 524 g/mol. The number of hydrogen-bond donors (Lipinski definition) is 2. The number of benzene rings is 2. The molecule has 1 saturated carbocycles. The van der Waals surface area contributed by atoms with Crippen molar-refractivity contribution in [1.29, 1.82) is 0 Å². The van der Waals surface area contributed by atoms with Gasteiger partial charge in [0.2, 0.25) is 0 Å². The highest BCUT2D eigenvalue weighted by Gasteiger charge is 2.41. The summed E-state index contributed by atoms with van der Waals surface area (Å²) in [6.07, 6.45) is 6.64. The summed E-state index contributed by atoms with van der Waals surface area (Å²) in [5, 5.41) is 9.39. The zero-order valence-electron chi connectivity index (χ0n) is 27.1. The Labute approximate surface area is 252 Å². The summed E-state index contributed by atoms with van der Waals surface area (Å²) in [5.74, 6) is 0.0410. The fourth-order valence-electron chi connectivity index (χ4n) is 8.61. The third-order valence-corrected chi connectivity index (χ3v) is 9.54. The van der Waals surface area contributed by atoms with Gasteiger partial charge >= 0.3 is 11.9 Å². The summed E-state index contributed by atoms with van der Waals surface area (Å²) < 4.78 is 12.2. The topological polar surface area (TPSA) is 76.7 Å². The second-order valence-corrected chi connectivity index (χ2v) is 16.0. The highest BCUT2D eigenvalue weighted by Crippen LogP contribution is 2.41. The van der Waals surface area contributed by atoms with Crippen LogP contribution in [0.5, 0.6) is 0 Å². The molecule has 0 unspecified atom stereocenters. The Kier molecular flexibility index (Phi) is 8.30. The van der Waals surface area contributed by atoms with Gasteiger partial charge in [-0.1, -0.05) is 30.3 Å². The predicted octanol–water partition coefficient (Wildman–Crippen LogP) is 7.43. The first kappa shape index (κ1) is 31.0. The molecule has 6 heteroatoms. The Morgan fingerprint density at radius 3 is 1.67 bits per heavy atom. The Morgan fingerprint density at radius 2 is 1.12 bits per heavy atom. The lowest BCUT2D eigenvalue weighted by Crippen LogP contribution is -2.59.